The van der Waals surface area contributed by atoms with Gasteiger partial charge >= 0.3 is 0 Å². The van der Waals surface area contributed by atoms with E-state index in [1.165, 1.54) is 12.1 Å². The molecule has 0 aromatic heterocycles. The van der Waals surface area contributed by atoms with Gasteiger partial charge in [0.1, 0.15) is 6.04 Å². The summed E-state index contributed by atoms with van der Waals surface area (Å²) in [5, 5.41) is 3.52. The standard InChI is InChI=1S/C23H29N3O2/c27-23(26-12-5-2-6-13-26)22(19-8-3-1-4-9-19)24-20-10-7-11-21(18-20)25-14-16-28-17-15-25/h1,3-4,7-11,18,22,24H,2,5-6,12-17H2/t22-/m1/s1. The fourth-order valence-corrected chi connectivity index (χ4v) is 4.01. The number of anilines is 2. The van der Waals surface area contributed by atoms with E-state index in [0.29, 0.717) is 0 Å². The van der Waals surface area contributed by atoms with E-state index in [1.54, 1.807) is 0 Å². The van der Waals surface area contributed by atoms with Crippen molar-refractivity contribution in [2.45, 2.75) is 25.3 Å². The van der Waals surface area contributed by atoms with E-state index in [1.807, 2.05) is 41.3 Å². The number of nitrogens with one attached hydrogen (secondary N) is 1. The van der Waals surface area contributed by atoms with Crippen LogP contribution in [0.5, 0.6) is 0 Å². The maximum absolute atomic E-state index is 13.3. The highest BCUT2D eigenvalue weighted by Crippen LogP contribution is 2.27. The highest BCUT2D eigenvalue weighted by Gasteiger charge is 2.27. The molecule has 4 rings (SSSR count). The second-order valence-electron chi connectivity index (χ2n) is 7.52. The third kappa shape index (κ3) is 4.47. The van der Waals surface area contributed by atoms with E-state index in [2.05, 4.69) is 28.4 Å². The molecule has 1 amide bonds. The maximum Gasteiger partial charge on any atom is 0.249 e. The van der Waals surface area contributed by atoms with E-state index >= 15 is 0 Å². The quantitative estimate of drug-likeness (QED) is 0.861. The minimum Gasteiger partial charge on any atom is -0.378 e. The summed E-state index contributed by atoms with van der Waals surface area (Å²) in [6.07, 6.45) is 3.41. The zero-order valence-electron chi connectivity index (χ0n) is 16.3. The summed E-state index contributed by atoms with van der Waals surface area (Å²) >= 11 is 0. The molecule has 0 spiro atoms. The Labute approximate surface area is 167 Å². The molecular formula is C23H29N3O2. The number of rotatable bonds is 5. The minimum absolute atomic E-state index is 0.169. The molecule has 0 saturated carbocycles. The smallest absolute Gasteiger partial charge is 0.249 e. The summed E-state index contributed by atoms with van der Waals surface area (Å²) < 4.78 is 5.46. The van der Waals surface area contributed by atoms with Gasteiger partial charge in [-0.05, 0) is 43.0 Å². The van der Waals surface area contributed by atoms with Gasteiger partial charge in [-0.25, -0.2) is 0 Å². The van der Waals surface area contributed by atoms with E-state index in [-0.39, 0.29) is 11.9 Å². The van der Waals surface area contributed by atoms with Crippen molar-refractivity contribution in [3.05, 3.63) is 60.2 Å². The number of carbonyl (C=O) groups excluding carboxylic acids is 1. The molecule has 0 unspecified atom stereocenters. The van der Waals surface area contributed by atoms with Gasteiger partial charge in [0.25, 0.3) is 0 Å². The maximum atomic E-state index is 13.3. The topological polar surface area (TPSA) is 44.8 Å². The first-order chi connectivity index (χ1) is 13.8. The molecule has 0 bridgehead atoms. The summed E-state index contributed by atoms with van der Waals surface area (Å²) in [4.78, 5) is 17.7. The average Bonchev–Trinajstić information content (AvgIpc) is 2.79. The van der Waals surface area contributed by atoms with E-state index in [4.69, 9.17) is 4.74 Å². The van der Waals surface area contributed by atoms with Gasteiger partial charge in [0, 0.05) is 37.6 Å². The molecule has 1 N–H and O–H groups in total. The van der Waals surface area contributed by atoms with Gasteiger partial charge in [-0.1, -0.05) is 36.4 Å². The first-order valence-electron chi connectivity index (χ1n) is 10.3. The second-order valence-corrected chi connectivity index (χ2v) is 7.52. The van der Waals surface area contributed by atoms with Gasteiger partial charge in [0.05, 0.1) is 13.2 Å². The molecule has 5 heteroatoms. The normalized spacial score (nSPS) is 18.6. The third-order valence-electron chi connectivity index (χ3n) is 5.58. The van der Waals surface area contributed by atoms with Crippen LogP contribution in [0.15, 0.2) is 54.6 Å². The zero-order valence-corrected chi connectivity index (χ0v) is 16.3. The first kappa shape index (κ1) is 18.8. The lowest BCUT2D eigenvalue weighted by Crippen LogP contribution is -2.41. The fraction of sp³-hybridized carbons (Fsp3) is 0.435. The lowest BCUT2D eigenvalue weighted by molar-refractivity contribution is -0.133. The summed E-state index contributed by atoms with van der Waals surface area (Å²) in [7, 11) is 0. The number of carbonyl (C=O) groups is 1. The molecule has 1 atom stereocenters. The van der Waals surface area contributed by atoms with Crippen molar-refractivity contribution in [2.75, 3.05) is 49.6 Å². The van der Waals surface area contributed by atoms with Gasteiger partial charge in [-0.2, -0.15) is 0 Å². The van der Waals surface area contributed by atoms with Crippen LogP contribution in [0.1, 0.15) is 30.9 Å². The van der Waals surface area contributed by atoms with Crippen LogP contribution in [0.3, 0.4) is 0 Å². The lowest BCUT2D eigenvalue weighted by atomic mass is 10.0. The predicted octanol–water partition coefficient (Wildman–Crippen LogP) is 3.69. The molecule has 2 aromatic carbocycles. The van der Waals surface area contributed by atoms with Crippen LogP contribution in [-0.4, -0.2) is 50.2 Å². The van der Waals surface area contributed by atoms with Crippen molar-refractivity contribution >= 4 is 17.3 Å². The largest absolute Gasteiger partial charge is 0.378 e. The second kappa shape index (κ2) is 9.11. The fourth-order valence-electron chi connectivity index (χ4n) is 4.01. The van der Waals surface area contributed by atoms with Crippen molar-refractivity contribution in [1.29, 1.82) is 0 Å². The number of morpholine rings is 1. The molecule has 0 aliphatic carbocycles. The van der Waals surface area contributed by atoms with Crippen LogP contribution in [-0.2, 0) is 9.53 Å². The molecule has 2 aliphatic rings. The van der Waals surface area contributed by atoms with Gasteiger partial charge in [-0.3, -0.25) is 4.79 Å². The van der Waals surface area contributed by atoms with Gasteiger partial charge in [0.2, 0.25) is 5.91 Å². The molecule has 2 heterocycles. The Morgan fingerprint density at radius 2 is 1.64 bits per heavy atom. The van der Waals surface area contributed by atoms with Crippen LogP contribution in [0, 0.1) is 0 Å². The Bertz CT molecular complexity index is 768. The molecule has 2 aliphatic heterocycles. The number of benzene rings is 2. The van der Waals surface area contributed by atoms with Crippen molar-refractivity contribution in [3.63, 3.8) is 0 Å². The number of piperidine rings is 1. The Morgan fingerprint density at radius 1 is 0.893 bits per heavy atom. The SMILES string of the molecule is O=C([C@H](Nc1cccc(N2CCOCC2)c1)c1ccccc1)N1CCCCC1. The minimum atomic E-state index is -0.362. The monoisotopic (exact) mass is 379 g/mol. The molecule has 5 nitrogen and oxygen atoms in total. The van der Waals surface area contributed by atoms with Gasteiger partial charge in [-0.15, -0.1) is 0 Å². The van der Waals surface area contributed by atoms with Crippen LogP contribution in [0.4, 0.5) is 11.4 Å². The molecule has 2 aromatic rings. The average molecular weight is 380 g/mol. The summed E-state index contributed by atoms with van der Waals surface area (Å²) in [5.41, 5.74) is 3.16. The third-order valence-corrected chi connectivity index (χ3v) is 5.58. The van der Waals surface area contributed by atoms with Gasteiger partial charge < -0.3 is 19.9 Å². The Morgan fingerprint density at radius 3 is 2.39 bits per heavy atom. The van der Waals surface area contributed by atoms with E-state index in [0.717, 1.165) is 63.5 Å². The van der Waals surface area contributed by atoms with Crippen molar-refractivity contribution in [3.8, 4) is 0 Å². The molecule has 28 heavy (non-hydrogen) atoms. The number of hydrogen-bond acceptors (Lipinski definition) is 4. The highest BCUT2D eigenvalue weighted by atomic mass is 16.5. The van der Waals surface area contributed by atoms with Crippen molar-refractivity contribution in [2.24, 2.45) is 0 Å². The van der Waals surface area contributed by atoms with Gasteiger partial charge in [0.15, 0.2) is 0 Å². The van der Waals surface area contributed by atoms with Crippen LogP contribution >= 0.6 is 0 Å². The van der Waals surface area contributed by atoms with E-state index < -0.39 is 0 Å². The molecule has 0 radical (unpaired) electrons. The van der Waals surface area contributed by atoms with Crippen molar-refractivity contribution < 1.29 is 9.53 Å². The lowest BCUT2D eigenvalue weighted by Gasteiger charge is -2.32. The molecule has 2 saturated heterocycles. The van der Waals surface area contributed by atoms with Crippen LogP contribution in [0.2, 0.25) is 0 Å². The molecule has 148 valence electrons. The highest BCUT2D eigenvalue weighted by molar-refractivity contribution is 5.86. The predicted molar refractivity (Wildman–Crippen MR) is 113 cm³/mol. The number of nitrogens with zero attached hydrogens (tertiary/aromatic N) is 2. The first-order valence-corrected chi connectivity index (χ1v) is 10.3. The summed E-state index contributed by atoms with van der Waals surface area (Å²) in [6, 6.07) is 18.1. The van der Waals surface area contributed by atoms with Crippen LogP contribution in [0.25, 0.3) is 0 Å². The van der Waals surface area contributed by atoms with Crippen molar-refractivity contribution in [1.82, 2.24) is 4.90 Å². The Hall–Kier alpha value is -2.53. The summed E-state index contributed by atoms with van der Waals surface area (Å²) in [5.74, 6) is 0.169. The van der Waals surface area contributed by atoms with Crippen LogP contribution < -0.4 is 10.2 Å². The molecular weight excluding hydrogens is 350 g/mol. The van der Waals surface area contributed by atoms with E-state index in [9.17, 15) is 4.79 Å². The summed E-state index contributed by atoms with van der Waals surface area (Å²) in [6.45, 7) is 5.04. The molecule has 2 fully saturated rings. The number of likely N-dealkylation sites (tertiary alicyclic amines) is 1. The Kier molecular flexibility index (Phi) is 6.12. The number of hydrogen-bond donors (Lipinski definition) is 1. The number of amides is 1. The zero-order chi connectivity index (χ0) is 19.2. The number of ether oxygens (including phenoxy) is 1. The Balaban J connectivity index is 1.56.